The Morgan fingerprint density at radius 3 is 2.61 bits per heavy atom. The highest BCUT2D eigenvalue weighted by Gasteiger charge is 2.20. The topological polar surface area (TPSA) is 164 Å². The molecule has 2 aromatic carbocycles. The minimum atomic E-state index is -0.970. The molecule has 0 aliphatic rings. The van der Waals surface area contributed by atoms with E-state index in [9.17, 15) is 9.59 Å². The number of anilines is 2. The number of pyridine rings is 1. The summed E-state index contributed by atoms with van der Waals surface area (Å²) >= 11 is 0. The van der Waals surface area contributed by atoms with Gasteiger partial charge >= 0.3 is 0 Å². The monoisotopic (exact) mass is 507 g/mol. The number of fused-ring (bicyclic) bond motifs is 1. The predicted octanol–water partition coefficient (Wildman–Crippen LogP) is 2.82. The number of amides is 2. The van der Waals surface area contributed by atoms with Gasteiger partial charge in [-0.2, -0.15) is 0 Å². The Kier molecular flexibility index (Phi) is 6.89. The molecule has 1 unspecified atom stereocenters. The third kappa shape index (κ3) is 5.26. The largest absolute Gasteiger partial charge is 0.368 e. The van der Waals surface area contributed by atoms with E-state index in [0.717, 1.165) is 11.1 Å². The highest BCUT2D eigenvalue weighted by molar-refractivity contribution is 6.00. The lowest BCUT2D eigenvalue weighted by atomic mass is 10.1. The average Bonchev–Trinajstić information content (AvgIpc) is 3.39. The van der Waals surface area contributed by atoms with Gasteiger partial charge in [0.2, 0.25) is 11.9 Å². The van der Waals surface area contributed by atoms with Crippen LogP contribution in [0.25, 0.3) is 33.7 Å². The number of rotatable bonds is 9. The van der Waals surface area contributed by atoms with Crippen LogP contribution in [0.5, 0.6) is 0 Å². The summed E-state index contributed by atoms with van der Waals surface area (Å²) in [7, 11) is 1.73. The Hall–Kier alpha value is -5.32. The quantitative estimate of drug-likeness (QED) is 0.203. The maximum Gasteiger partial charge on any atom is 0.252 e. The van der Waals surface area contributed by atoms with Crippen LogP contribution in [-0.2, 0) is 4.79 Å². The lowest BCUT2D eigenvalue weighted by Gasteiger charge is -2.18. The zero-order chi connectivity index (χ0) is 26.5. The third-order valence-electron chi connectivity index (χ3n) is 5.88. The Labute approximate surface area is 218 Å². The molecule has 190 valence electrons. The number of carbonyl (C=O) groups is 2. The Morgan fingerprint density at radius 1 is 0.974 bits per heavy atom. The first-order chi connectivity index (χ1) is 18.5. The van der Waals surface area contributed by atoms with E-state index in [4.69, 9.17) is 5.73 Å². The van der Waals surface area contributed by atoms with E-state index in [1.54, 1.807) is 43.7 Å². The second-order valence-electron chi connectivity index (χ2n) is 8.41. The van der Waals surface area contributed by atoms with E-state index in [0.29, 0.717) is 39.9 Å². The summed E-state index contributed by atoms with van der Waals surface area (Å²) in [5.74, 6) is 0.474. The van der Waals surface area contributed by atoms with Gasteiger partial charge < -0.3 is 26.7 Å². The van der Waals surface area contributed by atoms with Crippen LogP contribution in [0.1, 0.15) is 10.4 Å². The van der Waals surface area contributed by atoms with Gasteiger partial charge in [-0.1, -0.05) is 30.3 Å². The molecule has 1 atom stereocenters. The molecule has 0 bridgehead atoms. The minimum absolute atomic E-state index is 0.0654. The molecule has 0 radical (unpaired) electrons. The van der Waals surface area contributed by atoms with Crippen molar-refractivity contribution < 1.29 is 9.59 Å². The van der Waals surface area contributed by atoms with Gasteiger partial charge in [-0.15, -0.1) is 0 Å². The smallest absolute Gasteiger partial charge is 0.252 e. The minimum Gasteiger partial charge on any atom is -0.368 e. The molecule has 11 heteroatoms. The summed E-state index contributed by atoms with van der Waals surface area (Å²) in [5.41, 5.74) is 9.72. The van der Waals surface area contributed by atoms with Gasteiger partial charge in [0, 0.05) is 37.1 Å². The Balaban J connectivity index is 1.31. The van der Waals surface area contributed by atoms with E-state index in [1.807, 2.05) is 42.5 Å². The second-order valence-corrected chi connectivity index (χ2v) is 8.41. The number of hydrogen-bond donors (Lipinski definition) is 5. The summed E-state index contributed by atoms with van der Waals surface area (Å²) in [5, 5.41) is 8.75. The van der Waals surface area contributed by atoms with E-state index in [-0.39, 0.29) is 6.54 Å². The molecule has 5 rings (SSSR count). The highest BCUT2D eigenvalue weighted by atomic mass is 16.2. The number of nitrogens with one attached hydrogen (secondary N) is 4. The zero-order valence-corrected chi connectivity index (χ0v) is 20.5. The van der Waals surface area contributed by atoms with Gasteiger partial charge in [0.15, 0.2) is 5.82 Å². The van der Waals surface area contributed by atoms with Gasteiger partial charge in [-0.3, -0.25) is 9.59 Å². The lowest BCUT2D eigenvalue weighted by molar-refractivity contribution is -0.119. The van der Waals surface area contributed by atoms with Crippen LogP contribution < -0.4 is 21.7 Å². The van der Waals surface area contributed by atoms with E-state index in [1.165, 1.54) is 0 Å². The van der Waals surface area contributed by atoms with Crippen molar-refractivity contribution >= 4 is 34.6 Å². The molecule has 0 fully saturated rings. The van der Waals surface area contributed by atoms with E-state index < -0.39 is 17.9 Å². The molecule has 0 saturated heterocycles. The molecule has 11 nitrogen and oxygen atoms in total. The fourth-order valence-electron chi connectivity index (χ4n) is 3.94. The van der Waals surface area contributed by atoms with Crippen LogP contribution in [0.15, 0.2) is 79.1 Å². The van der Waals surface area contributed by atoms with Crippen molar-refractivity contribution in [3.8, 4) is 22.6 Å². The summed E-state index contributed by atoms with van der Waals surface area (Å²) in [6.07, 6.45) is 3.29. The molecule has 3 aromatic heterocycles. The fourth-order valence-corrected chi connectivity index (χ4v) is 3.94. The molecule has 2 amide bonds. The third-order valence-corrected chi connectivity index (χ3v) is 5.88. The normalized spacial score (nSPS) is 11.6. The number of nitrogens with zero attached hydrogens (tertiary/aromatic N) is 4. The Morgan fingerprint density at radius 2 is 1.82 bits per heavy atom. The summed E-state index contributed by atoms with van der Waals surface area (Å²) in [6.45, 7) is 0.0654. The van der Waals surface area contributed by atoms with Gasteiger partial charge in [-0.25, -0.2) is 19.9 Å². The first-order valence-corrected chi connectivity index (χ1v) is 11.9. The van der Waals surface area contributed by atoms with Crippen molar-refractivity contribution in [3.63, 3.8) is 0 Å². The van der Waals surface area contributed by atoms with Gasteiger partial charge in [0.25, 0.3) is 5.91 Å². The number of nitrogens with two attached hydrogens (primary N) is 1. The predicted molar refractivity (Wildman–Crippen MR) is 145 cm³/mol. The van der Waals surface area contributed by atoms with Crippen molar-refractivity contribution in [1.82, 2.24) is 30.2 Å². The van der Waals surface area contributed by atoms with Gasteiger partial charge in [0.05, 0.1) is 11.0 Å². The van der Waals surface area contributed by atoms with Crippen molar-refractivity contribution in [2.45, 2.75) is 6.04 Å². The van der Waals surface area contributed by atoms with Gasteiger partial charge in [-0.05, 0) is 42.0 Å². The molecule has 6 N–H and O–H groups in total. The molecular formula is C27H25N9O2. The van der Waals surface area contributed by atoms with Crippen LogP contribution in [-0.4, -0.2) is 56.4 Å². The highest BCUT2D eigenvalue weighted by Crippen LogP contribution is 2.25. The maximum atomic E-state index is 13.0. The molecule has 3 heterocycles. The summed E-state index contributed by atoms with van der Waals surface area (Å²) < 4.78 is 0. The number of imidazole rings is 1. The Bertz CT molecular complexity index is 1600. The van der Waals surface area contributed by atoms with E-state index >= 15 is 0 Å². The second kappa shape index (κ2) is 10.7. The van der Waals surface area contributed by atoms with Crippen LogP contribution in [0.3, 0.4) is 0 Å². The molecular weight excluding hydrogens is 482 g/mol. The molecule has 0 spiro atoms. The number of H-pyrrole nitrogens is 1. The van der Waals surface area contributed by atoms with Crippen LogP contribution >= 0.6 is 0 Å². The van der Waals surface area contributed by atoms with E-state index in [2.05, 4.69) is 40.9 Å². The lowest BCUT2D eigenvalue weighted by Crippen LogP contribution is -2.48. The zero-order valence-electron chi connectivity index (χ0n) is 20.5. The molecule has 0 aliphatic heterocycles. The number of aromatic nitrogens is 5. The van der Waals surface area contributed by atoms with Crippen LogP contribution in [0.4, 0.5) is 11.8 Å². The van der Waals surface area contributed by atoms with Crippen molar-refractivity contribution in [2.75, 3.05) is 24.2 Å². The number of hydrogen-bond acceptors (Lipinski definition) is 8. The fraction of sp³-hybridized carbons (Fsp3) is 0.111. The summed E-state index contributed by atoms with van der Waals surface area (Å²) in [6, 6.07) is 19.3. The van der Waals surface area contributed by atoms with Crippen molar-refractivity contribution in [2.24, 2.45) is 5.73 Å². The number of carbonyl (C=O) groups excluding carboxylic acids is 2. The van der Waals surface area contributed by atoms with Crippen LogP contribution in [0, 0.1) is 0 Å². The number of primary amides is 1. The molecule has 0 saturated carbocycles. The molecule has 0 aliphatic carbocycles. The standard InChI is InChI=1S/C27H25N9O2/c1-29-27-31-13-11-20(36-27)25-33-19-10-9-17(14-21(19)34-25)26(38)35-22(23(28)37)15-32-24-18(8-5-12-30-24)16-6-3-2-4-7-16/h2-14,22H,15H2,1H3,(H2,28,37)(H,30,32)(H,33,34)(H,35,38)(H,29,31,36). The molecule has 5 aromatic rings. The maximum absolute atomic E-state index is 13.0. The van der Waals surface area contributed by atoms with Crippen molar-refractivity contribution in [1.29, 1.82) is 0 Å². The first kappa shape index (κ1) is 24.4. The van der Waals surface area contributed by atoms with Crippen LogP contribution in [0.2, 0.25) is 0 Å². The first-order valence-electron chi connectivity index (χ1n) is 11.9. The molecule has 38 heavy (non-hydrogen) atoms. The number of benzene rings is 2. The average molecular weight is 508 g/mol. The SMILES string of the molecule is CNc1nccc(-c2nc3ccc(C(=O)NC(CNc4ncccc4-c4ccccc4)C(N)=O)cc3[nH]2)n1. The number of aromatic amines is 1. The van der Waals surface area contributed by atoms with Gasteiger partial charge in [0.1, 0.15) is 17.6 Å². The van der Waals surface area contributed by atoms with Crippen molar-refractivity contribution in [3.05, 3.63) is 84.7 Å². The summed E-state index contributed by atoms with van der Waals surface area (Å²) in [4.78, 5) is 45.8.